The summed E-state index contributed by atoms with van der Waals surface area (Å²) in [5, 5.41) is 0. The van der Waals surface area contributed by atoms with Gasteiger partial charge in [0.1, 0.15) is 0 Å². The zero-order valence-corrected chi connectivity index (χ0v) is 12.7. The predicted octanol–water partition coefficient (Wildman–Crippen LogP) is -1.14. The molecule has 0 aromatic heterocycles. The van der Waals surface area contributed by atoms with E-state index in [2.05, 4.69) is 0 Å². The first-order valence-corrected chi connectivity index (χ1v) is 0. The average molecular weight is 427 g/mol. The van der Waals surface area contributed by atoms with E-state index in [0.717, 1.165) is 0 Å². The van der Waals surface area contributed by atoms with Gasteiger partial charge in [-0.1, -0.05) is 0 Å². The third-order valence-electron chi connectivity index (χ3n) is 0. The molecule has 0 atom stereocenters. The Hall–Kier alpha value is 3.55. The molecule has 0 saturated heterocycles. The topological polar surface area (TPSA) is 0 Å². The quantitative estimate of drug-likeness (QED) is 0.429. The standard InChI is InChI=1S/Al.Ba.Fe.Pb. The van der Waals surface area contributed by atoms with Crippen molar-refractivity contribution in [2.45, 2.75) is 0 Å². The summed E-state index contributed by atoms with van der Waals surface area (Å²) in [6, 6.07) is 0. The Balaban J connectivity index is 0. The van der Waals surface area contributed by atoms with Crippen LogP contribution in [-0.2, 0) is 17.1 Å². The summed E-state index contributed by atoms with van der Waals surface area (Å²) in [6.07, 6.45) is 0. The predicted molar refractivity (Wildman–Crippen MR) is 17.3 cm³/mol. The van der Waals surface area contributed by atoms with Gasteiger partial charge in [-0.3, -0.25) is 0 Å². The van der Waals surface area contributed by atoms with Crippen LogP contribution in [-0.4, -0.2) is 93.5 Å². The Morgan fingerprint density at radius 2 is 1.00 bits per heavy atom. The molecule has 0 spiro atoms. The van der Waals surface area contributed by atoms with Crippen LogP contribution >= 0.6 is 0 Å². The molecule has 0 aromatic rings. The maximum atomic E-state index is 0. The van der Waals surface area contributed by atoms with Gasteiger partial charge in [0, 0.05) is 111 Å². The van der Waals surface area contributed by atoms with Gasteiger partial charge in [-0.2, -0.15) is 0 Å². The molecular weight excluding hydrogens is 427 g/mol. The molecule has 0 saturated carbocycles. The summed E-state index contributed by atoms with van der Waals surface area (Å²) in [6.45, 7) is 0. The normalized spacial score (nSPS) is 0. The van der Waals surface area contributed by atoms with Crippen molar-refractivity contribution in [3.05, 3.63) is 0 Å². The van der Waals surface area contributed by atoms with E-state index in [9.17, 15) is 0 Å². The molecule has 0 aliphatic heterocycles. The summed E-state index contributed by atoms with van der Waals surface area (Å²) in [5.41, 5.74) is 0. The van der Waals surface area contributed by atoms with Gasteiger partial charge in [0.25, 0.3) is 0 Å². The summed E-state index contributed by atoms with van der Waals surface area (Å²) >= 11 is 0. The summed E-state index contributed by atoms with van der Waals surface area (Å²) in [5.74, 6) is 0. The number of rotatable bonds is 0. The molecule has 0 aliphatic rings. The van der Waals surface area contributed by atoms with Crippen LogP contribution in [0.1, 0.15) is 0 Å². The van der Waals surface area contributed by atoms with E-state index in [1.54, 1.807) is 0 Å². The van der Waals surface area contributed by atoms with Crippen molar-refractivity contribution >= 4 is 93.5 Å². The molecule has 0 rings (SSSR count). The van der Waals surface area contributed by atoms with E-state index in [0.29, 0.717) is 0 Å². The molecule has 0 aliphatic carbocycles. The van der Waals surface area contributed by atoms with Crippen molar-refractivity contribution < 1.29 is 17.1 Å². The van der Waals surface area contributed by atoms with E-state index in [1.165, 1.54) is 0 Å². The molecule has 4 heteroatoms. The third-order valence-corrected chi connectivity index (χ3v) is 0. The van der Waals surface area contributed by atoms with Gasteiger partial charge in [-0.05, 0) is 0 Å². The fourth-order valence-electron chi connectivity index (χ4n) is 0. The second-order valence-corrected chi connectivity index (χ2v) is 0. The van der Waals surface area contributed by atoms with Gasteiger partial charge in [0.05, 0.1) is 0 Å². The second kappa shape index (κ2) is 16.0. The van der Waals surface area contributed by atoms with Gasteiger partial charge in [-0.15, -0.1) is 0 Å². The van der Waals surface area contributed by atoms with Crippen LogP contribution in [0.3, 0.4) is 0 Å². The molecule has 0 N–H and O–H groups in total. The monoisotopic (exact) mass is 429 g/mol. The van der Waals surface area contributed by atoms with Crippen molar-refractivity contribution in [2.24, 2.45) is 0 Å². The van der Waals surface area contributed by atoms with Gasteiger partial charge >= 0.3 is 0 Å². The molecule has 0 amide bonds. The Bertz CT molecular complexity index is 8.00. The van der Waals surface area contributed by atoms with E-state index in [1.807, 2.05) is 0 Å². The molecule has 9 radical (unpaired) electrons. The van der Waals surface area contributed by atoms with E-state index < -0.39 is 0 Å². The van der Waals surface area contributed by atoms with Crippen LogP contribution < -0.4 is 0 Å². The number of hydrogen-bond donors (Lipinski definition) is 0. The molecule has 0 fully saturated rings. The minimum absolute atomic E-state index is 0. The molecule has 17 valence electrons. The van der Waals surface area contributed by atoms with E-state index in [4.69, 9.17) is 0 Å². The summed E-state index contributed by atoms with van der Waals surface area (Å²) in [7, 11) is 0. The van der Waals surface area contributed by atoms with Crippen LogP contribution in [0.4, 0.5) is 0 Å². The maximum Gasteiger partial charge on any atom is 0 e. The van der Waals surface area contributed by atoms with Crippen molar-refractivity contribution in [1.82, 2.24) is 0 Å². The first kappa shape index (κ1) is 25.7. The Morgan fingerprint density at radius 1 is 1.00 bits per heavy atom. The van der Waals surface area contributed by atoms with E-state index >= 15 is 0 Å². The fourth-order valence-corrected chi connectivity index (χ4v) is 0. The van der Waals surface area contributed by atoms with Crippen LogP contribution in [0, 0.1) is 0 Å². The van der Waals surface area contributed by atoms with Gasteiger partial charge in [0.2, 0.25) is 0 Å². The van der Waals surface area contributed by atoms with Gasteiger partial charge in [-0.25, -0.2) is 0 Å². The van der Waals surface area contributed by atoms with Crippen LogP contribution in [0.25, 0.3) is 0 Å². The minimum Gasteiger partial charge on any atom is 0 e. The molecule has 0 nitrogen and oxygen atoms in total. The summed E-state index contributed by atoms with van der Waals surface area (Å²) < 4.78 is 0. The second-order valence-electron chi connectivity index (χ2n) is 0. The van der Waals surface area contributed by atoms with Crippen molar-refractivity contribution in [3.63, 3.8) is 0 Å². The maximum absolute atomic E-state index is 0. The smallest absolute Gasteiger partial charge is 0 e. The number of hydrogen-bond acceptors (Lipinski definition) is 0. The van der Waals surface area contributed by atoms with Gasteiger partial charge < -0.3 is 0 Å². The fraction of sp³-hybridized carbons (Fsp3) is 0. The van der Waals surface area contributed by atoms with Crippen LogP contribution in [0.5, 0.6) is 0 Å². The SMILES string of the molecule is [Al].[Ba].[Fe].[Pb]. The first-order chi connectivity index (χ1) is 0. The zero-order chi connectivity index (χ0) is 0. The van der Waals surface area contributed by atoms with Gasteiger partial charge in [0.15, 0.2) is 0 Å². The van der Waals surface area contributed by atoms with Crippen LogP contribution in [0.15, 0.2) is 0 Å². The third kappa shape index (κ3) is 9.11. The zero-order valence-electron chi connectivity index (χ0n) is 2.14. The van der Waals surface area contributed by atoms with Crippen molar-refractivity contribution in [3.8, 4) is 0 Å². The van der Waals surface area contributed by atoms with E-state index in [-0.39, 0.29) is 111 Å². The molecule has 0 unspecified atom stereocenters. The van der Waals surface area contributed by atoms with Crippen molar-refractivity contribution in [1.29, 1.82) is 0 Å². The average Bonchev–Trinajstić information content (AvgIpc) is 0. The molecular formula is AlBaFePb. The van der Waals surface area contributed by atoms with Crippen molar-refractivity contribution in [2.75, 3.05) is 0 Å². The molecule has 4 heavy (non-hydrogen) atoms. The largest absolute Gasteiger partial charge is 0 e. The minimum atomic E-state index is 0. The Morgan fingerprint density at radius 3 is 1.00 bits per heavy atom. The summed E-state index contributed by atoms with van der Waals surface area (Å²) in [4.78, 5) is 0. The molecule has 0 heterocycles. The molecule has 0 bridgehead atoms. The van der Waals surface area contributed by atoms with Crippen LogP contribution in [0.2, 0.25) is 0 Å². The first-order valence-electron chi connectivity index (χ1n) is 0. The Labute approximate surface area is 108 Å². The Kier molecular flexibility index (Phi) is 103. The molecule has 0 aromatic carbocycles.